The molecule has 0 N–H and O–H groups in total. The molecule has 0 fully saturated rings. The Kier molecular flexibility index (Phi) is 5.08. The normalized spacial score (nSPS) is 13.4. The first-order chi connectivity index (χ1) is 8.96. The fourth-order valence-corrected chi connectivity index (χ4v) is 1.87. The van der Waals surface area contributed by atoms with Crippen molar-refractivity contribution < 1.29 is 9.53 Å². The van der Waals surface area contributed by atoms with Crippen molar-refractivity contribution in [2.45, 2.75) is 32.4 Å². The molecular weight excluding hydrogens is 240 g/mol. The maximum absolute atomic E-state index is 12.3. The van der Waals surface area contributed by atoms with Gasteiger partial charge >= 0.3 is 0 Å². The lowest BCUT2D eigenvalue weighted by atomic mass is 10.0. The van der Waals surface area contributed by atoms with Gasteiger partial charge in [-0.15, -0.1) is 0 Å². The number of benzene rings is 1. The highest BCUT2D eigenvalue weighted by Gasteiger charge is 2.33. The molecule has 0 aromatic heterocycles. The summed E-state index contributed by atoms with van der Waals surface area (Å²) in [5.41, 5.74) is 0.745. The third-order valence-corrected chi connectivity index (χ3v) is 3.40. The van der Waals surface area contributed by atoms with Crippen molar-refractivity contribution in [2.75, 3.05) is 14.2 Å². The fourth-order valence-electron chi connectivity index (χ4n) is 1.87. The lowest BCUT2D eigenvalue weighted by Crippen LogP contribution is -2.46. The second-order valence-corrected chi connectivity index (χ2v) is 4.76. The summed E-state index contributed by atoms with van der Waals surface area (Å²) in [7, 11) is 3.29. The average Bonchev–Trinajstić information content (AvgIpc) is 2.45. The van der Waals surface area contributed by atoms with Crippen molar-refractivity contribution in [1.82, 2.24) is 4.90 Å². The zero-order valence-corrected chi connectivity index (χ0v) is 11.9. The van der Waals surface area contributed by atoms with Gasteiger partial charge in [-0.3, -0.25) is 4.79 Å². The number of carbonyl (C=O) groups excluding carboxylic acids is 1. The summed E-state index contributed by atoms with van der Waals surface area (Å²) in [4.78, 5) is 14.0. The molecule has 1 atom stereocenters. The van der Waals surface area contributed by atoms with E-state index in [1.165, 1.54) is 0 Å². The molecule has 1 aromatic carbocycles. The van der Waals surface area contributed by atoms with Crippen LogP contribution >= 0.6 is 0 Å². The second-order valence-electron chi connectivity index (χ2n) is 4.76. The van der Waals surface area contributed by atoms with Crippen molar-refractivity contribution in [2.24, 2.45) is 0 Å². The van der Waals surface area contributed by atoms with E-state index in [1.54, 1.807) is 38.1 Å². The molecule has 0 aliphatic heterocycles. The topological polar surface area (TPSA) is 53.3 Å². The zero-order chi connectivity index (χ0) is 14.5. The summed E-state index contributed by atoms with van der Waals surface area (Å²) in [5, 5.41) is 8.86. The van der Waals surface area contributed by atoms with Crippen LogP contribution in [0.3, 0.4) is 0 Å². The van der Waals surface area contributed by atoms with Crippen LogP contribution in [0.4, 0.5) is 0 Å². The van der Waals surface area contributed by atoms with Gasteiger partial charge in [0.2, 0.25) is 0 Å². The van der Waals surface area contributed by atoms with E-state index in [2.05, 4.69) is 6.07 Å². The number of likely N-dealkylation sites (N-methyl/N-ethyl adjacent to an activating group) is 1. The summed E-state index contributed by atoms with van der Waals surface area (Å²) in [6, 6.07) is 9.36. The van der Waals surface area contributed by atoms with Crippen LogP contribution in [0.1, 0.15) is 31.4 Å². The first-order valence-electron chi connectivity index (χ1n) is 6.26. The summed E-state index contributed by atoms with van der Waals surface area (Å²) < 4.78 is 5.31. The van der Waals surface area contributed by atoms with E-state index < -0.39 is 5.60 Å². The van der Waals surface area contributed by atoms with Crippen molar-refractivity contribution >= 4 is 5.91 Å². The van der Waals surface area contributed by atoms with Gasteiger partial charge in [0.1, 0.15) is 5.60 Å². The van der Waals surface area contributed by atoms with Crippen LogP contribution < -0.4 is 0 Å². The average molecular weight is 260 g/mol. The van der Waals surface area contributed by atoms with Crippen molar-refractivity contribution in [1.29, 1.82) is 5.26 Å². The lowest BCUT2D eigenvalue weighted by molar-refractivity contribution is -0.152. The number of amides is 1. The molecule has 1 unspecified atom stereocenters. The van der Waals surface area contributed by atoms with Gasteiger partial charge in [0, 0.05) is 20.7 Å². The third-order valence-electron chi connectivity index (χ3n) is 3.40. The molecule has 0 aliphatic carbocycles. The van der Waals surface area contributed by atoms with Gasteiger partial charge in [0.25, 0.3) is 5.91 Å². The number of nitriles is 1. The Hall–Kier alpha value is -1.86. The minimum absolute atomic E-state index is 0.0557. The highest BCUT2D eigenvalue weighted by Crippen LogP contribution is 2.18. The number of rotatable bonds is 5. The molecule has 1 amide bonds. The van der Waals surface area contributed by atoms with Crippen LogP contribution in [0, 0.1) is 11.3 Å². The SMILES string of the molecule is CCC(C)(OC)C(=O)N(C)Cc1cccc(C#N)c1. The van der Waals surface area contributed by atoms with E-state index in [-0.39, 0.29) is 5.91 Å². The van der Waals surface area contributed by atoms with E-state index >= 15 is 0 Å². The Morgan fingerprint density at radius 1 is 1.53 bits per heavy atom. The van der Waals surface area contributed by atoms with Crippen LogP contribution in [-0.4, -0.2) is 30.6 Å². The van der Waals surface area contributed by atoms with E-state index in [1.807, 2.05) is 19.1 Å². The van der Waals surface area contributed by atoms with Crippen LogP contribution in [0.15, 0.2) is 24.3 Å². The van der Waals surface area contributed by atoms with E-state index in [4.69, 9.17) is 10.00 Å². The monoisotopic (exact) mass is 260 g/mol. The first-order valence-corrected chi connectivity index (χ1v) is 6.26. The number of nitrogens with zero attached hydrogens (tertiary/aromatic N) is 2. The lowest BCUT2D eigenvalue weighted by Gasteiger charge is -2.30. The highest BCUT2D eigenvalue weighted by molar-refractivity contribution is 5.84. The zero-order valence-electron chi connectivity index (χ0n) is 11.9. The Morgan fingerprint density at radius 2 is 2.21 bits per heavy atom. The molecule has 1 rings (SSSR count). The van der Waals surface area contributed by atoms with Gasteiger partial charge in [-0.2, -0.15) is 5.26 Å². The molecular formula is C15H20N2O2. The summed E-state index contributed by atoms with van der Waals surface area (Å²) in [6.45, 7) is 4.18. The van der Waals surface area contributed by atoms with Crippen LogP contribution in [0.25, 0.3) is 0 Å². The minimum Gasteiger partial charge on any atom is -0.369 e. The Labute approximate surface area is 114 Å². The molecule has 0 heterocycles. The van der Waals surface area contributed by atoms with Gasteiger partial charge < -0.3 is 9.64 Å². The Balaban J connectivity index is 2.82. The Bertz CT molecular complexity index is 487. The van der Waals surface area contributed by atoms with Crippen molar-refractivity contribution in [3.63, 3.8) is 0 Å². The largest absolute Gasteiger partial charge is 0.369 e. The standard InChI is InChI=1S/C15H20N2O2/c1-5-15(2,19-4)14(18)17(3)11-13-8-6-7-12(9-13)10-16/h6-9H,5,11H2,1-4H3. The molecule has 0 spiro atoms. The van der Waals surface area contributed by atoms with E-state index in [0.29, 0.717) is 18.5 Å². The molecule has 102 valence electrons. The van der Waals surface area contributed by atoms with Gasteiger partial charge in [-0.1, -0.05) is 19.1 Å². The van der Waals surface area contributed by atoms with E-state index in [0.717, 1.165) is 5.56 Å². The van der Waals surface area contributed by atoms with Gasteiger partial charge in [0.15, 0.2) is 0 Å². The quantitative estimate of drug-likeness (QED) is 0.816. The molecule has 0 saturated heterocycles. The molecule has 0 bridgehead atoms. The molecule has 1 aromatic rings. The summed E-state index contributed by atoms with van der Waals surface area (Å²) in [5.74, 6) is -0.0557. The highest BCUT2D eigenvalue weighted by atomic mass is 16.5. The van der Waals surface area contributed by atoms with E-state index in [9.17, 15) is 4.79 Å². The smallest absolute Gasteiger partial charge is 0.254 e. The van der Waals surface area contributed by atoms with Crippen molar-refractivity contribution in [3.05, 3.63) is 35.4 Å². The minimum atomic E-state index is -0.790. The van der Waals surface area contributed by atoms with Crippen molar-refractivity contribution in [3.8, 4) is 6.07 Å². The summed E-state index contributed by atoms with van der Waals surface area (Å²) >= 11 is 0. The molecule has 4 nitrogen and oxygen atoms in total. The van der Waals surface area contributed by atoms with Gasteiger partial charge in [-0.05, 0) is 31.0 Å². The van der Waals surface area contributed by atoms with Crippen LogP contribution in [0.5, 0.6) is 0 Å². The predicted octanol–water partition coefficient (Wildman–Crippen LogP) is 2.33. The number of hydrogen-bond acceptors (Lipinski definition) is 3. The number of hydrogen-bond donors (Lipinski definition) is 0. The number of carbonyl (C=O) groups is 1. The maximum Gasteiger partial charge on any atom is 0.254 e. The van der Waals surface area contributed by atoms with Gasteiger partial charge in [-0.25, -0.2) is 0 Å². The molecule has 19 heavy (non-hydrogen) atoms. The molecule has 0 aliphatic rings. The number of methoxy groups -OCH3 is 1. The maximum atomic E-state index is 12.3. The Morgan fingerprint density at radius 3 is 2.74 bits per heavy atom. The molecule has 0 radical (unpaired) electrons. The fraction of sp³-hybridized carbons (Fsp3) is 0.467. The predicted molar refractivity (Wildman–Crippen MR) is 73.3 cm³/mol. The third kappa shape index (κ3) is 3.55. The summed E-state index contributed by atoms with van der Waals surface area (Å²) in [6.07, 6.45) is 0.616. The second kappa shape index (κ2) is 6.35. The van der Waals surface area contributed by atoms with Crippen LogP contribution in [-0.2, 0) is 16.1 Å². The number of ether oxygens (including phenoxy) is 1. The van der Waals surface area contributed by atoms with Gasteiger partial charge in [0.05, 0.1) is 11.6 Å². The first kappa shape index (κ1) is 15.2. The molecule has 0 saturated carbocycles. The molecule has 4 heteroatoms. The van der Waals surface area contributed by atoms with Crippen LogP contribution in [0.2, 0.25) is 0 Å².